The van der Waals surface area contributed by atoms with Gasteiger partial charge in [0.15, 0.2) is 0 Å². The molecule has 1 amide bonds. The van der Waals surface area contributed by atoms with Gasteiger partial charge in [-0.05, 0) is 12.5 Å². The molecule has 0 aliphatic carbocycles. The summed E-state index contributed by atoms with van der Waals surface area (Å²) < 4.78 is 13.5. The third-order valence-electron chi connectivity index (χ3n) is 3.87. The number of aromatic amines is 1. The van der Waals surface area contributed by atoms with Gasteiger partial charge in [0.1, 0.15) is 11.4 Å². The van der Waals surface area contributed by atoms with E-state index in [2.05, 4.69) is 15.3 Å². The maximum Gasteiger partial charge on any atom is 0.263 e. The number of nitrogens with two attached hydrogens (primary N) is 1. The average molecular weight is 340 g/mol. The third kappa shape index (κ3) is 3.08. The molecule has 4 N–H and O–H groups in total. The largest absolute Gasteiger partial charge is 0.397 e. The smallest absolute Gasteiger partial charge is 0.263 e. The molecule has 7 heteroatoms. The maximum atomic E-state index is 13.5. The molecule has 128 valence electrons. The van der Waals surface area contributed by atoms with E-state index in [1.807, 2.05) is 6.92 Å². The first-order chi connectivity index (χ1) is 12.0. The summed E-state index contributed by atoms with van der Waals surface area (Å²) in [6.07, 6.45) is 3.34. The van der Waals surface area contributed by atoms with E-state index in [4.69, 9.17) is 5.73 Å². The number of anilines is 1. The van der Waals surface area contributed by atoms with Gasteiger partial charge in [0.25, 0.3) is 11.5 Å². The van der Waals surface area contributed by atoms with Crippen LogP contribution in [0.5, 0.6) is 0 Å². The number of hydrogen-bond acceptors (Lipinski definition) is 4. The van der Waals surface area contributed by atoms with Gasteiger partial charge < -0.3 is 16.0 Å². The number of H-pyrrole nitrogens is 1. The van der Waals surface area contributed by atoms with E-state index in [1.54, 1.807) is 18.2 Å². The fraction of sp³-hybridized carbons (Fsp3) is 0.167. The first kappa shape index (κ1) is 16.6. The number of carbonyl (C=O) groups is 1. The fourth-order valence-corrected chi connectivity index (χ4v) is 2.70. The highest BCUT2D eigenvalue weighted by Crippen LogP contribution is 2.30. The Kier molecular flexibility index (Phi) is 4.47. The lowest BCUT2D eigenvalue weighted by atomic mass is 10.0. The molecule has 0 aliphatic heterocycles. The number of nitrogens with zero attached hydrogens (tertiary/aromatic N) is 1. The quantitative estimate of drug-likeness (QED) is 0.679. The Morgan fingerprint density at radius 2 is 2.16 bits per heavy atom. The van der Waals surface area contributed by atoms with Crippen LogP contribution in [0, 0.1) is 5.82 Å². The summed E-state index contributed by atoms with van der Waals surface area (Å²) >= 11 is 0. The molecule has 0 radical (unpaired) electrons. The van der Waals surface area contributed by atoms with Crippen LogP contribution in [0.4, 0.5) is 10.1 Å². The van der Waals surface area contributed by atoms with Crippen LogP contribution in [0.2, 0.25) is 0 Å². The second kappa shape index (κ2) is 6.72. The van der Waals surface area contributed by atoms with Gasteiger partial charge in [-0.1, -0.05) is 25.1 Å². The van der Waals surface area contributed by atoms with E-state index >= 15 is 0 Å². The van der Waals surface area contributed by atoms with Crippen LogP contribution in [0.15, 0.2) is 41.5 Å². The van der Waals surface area contributed by atoms with Crippen LogP contribution in [0.25, 0.3) is 22.0 Å². The number of halogens is 1. The Labute approximate surface area is 142 Å². The highest BCUT2D eigenvalue weighted by molar-refractivity contribution is 6.08. The topological polar surface area (TPSA) is 101 Å². The lowest BCUT2D eigenvalue weighted by Gasteiger charge is -2.12. The molecule has 0 saturated carbocycles. The third-order valence-corrected chi connectivity index (χ3v) is 3.87. The van der Waals surface area contributed by atoms with E-state index < -0.39 is 17.3 Å². The normalized spacial score (nSPS) is 10.8. The van der Waals surface area contributed by atoms with E-state index in [1.165, 1.54) is 12.3 Å². The zero-order chi connectivity index (χ0) is 18.0. The fourth-order valence-electron chi connectivity index (χ4n) is 2.70. The molecule has 0 saturated heterocycles. The maximum absolute atomic E-state index is 13.5. The first-order valence-corrected chi connectivity index (χ1v) is 7.86. The second-order valence-electron chi connectivity index (χ2n) is 5.62. The average Bonchev–Trinajstić information content (AvgIpc) is 2.59. The number of rotatable bonds is 4. The SMILES string of the molecule is CCCNC(=O)c1c(N)c2cccc(-c3cncc(F)c3)c2[nH]c1=O. The van der Waals surface area contributed by atoms with Gasteiger partial charge in [0.05, 0.1) is 17.4 Å². The molecular formula is C18H17FN4O2. The predicted octanol–water partition coefficient (Wildman–Crippen LogP) is 2.45. The second-order valence-corrected chi connectivity index (χ2v) is 5.62. The number of pyridine rings is 2. The standard InChI is InChI=1S/C18H17FN4O2/c1-2-6-22-17(24)14-15(20)13-5-3-4-12(16(13)23-18(14)25)10-7-11(19)9-21-8-10/h3-5,7-9H,2,6H2,1H3,(H,22,24)(H3,20,23,25). The van der Waals surface area contributed by atoms with Gasteiger partial charge in [0.2, 0.25) is 0 Å². The number of nitrogens with one attached hydrogen (secondary N) is 2. The summed E-state index contributed by atoms with van der Waals surface area (Å²) in [6, 6.07) is 6.47. The molecule has 0 aliphatic rings. The summed E-state index contributed by atoms with van der Waals surface area (Å²) in [5.41, 5.74) is 7.01. The van der Waals surface area contributed by atoms with Gasteiger partial charge in [-0.3, -0.25) is 14.6 Å². The number of fused-ring (bicyclic) bond motifs is 1. The van der Waals surface area contributed by atoms with Gasteiger partial charge in [-0.25, -0.2) is 4.39 Å². The molecule has 6 nitrogen and oxygen atoms in total. The van der Waals surface area contributed by atoms with E-state index in [0.717, 1.165) is 12.6 Å². The van der Waals surface area contributed by atoms with Crippen LogP contribution >= 0.6 is 0 Å². The molecule has 0 unspecified atom stereocenters. The summed E-state index contributed by atoms with van der Waals surface area (Å²) in [5, 5.41) is 3.17. The molecular weight excluding hydrogens is 323 g/mol. The Hall–Kier alpha value is -3.22. The minimum absolute atomic E-state index is 0.0959. The van der Waals surface area contributed by atoms with Crippen molar-refractivity contribution in [2.75, 3.05) is 12.3 Å². The number of benzene rings is 1. The number of para-hydroxylation sites is 1. The van der Waals surface area contributed by atoms with Crippen molar-refractivity contribution in [3.63, 3.8) is 0 Å². The summed E-state index contributed by atoms with van der Waals surface area (Å²) in [4.78, 5) is 31.2. The van der Waals surface area contributed by atoms with Crippen LogP contribution in [-0.2, 0) is 0 Å². The number of nitrogen functional groups attached to an aromatic ring is 1. The van der Waals surface area contributed by atoms with Crippen molar-refractivity contribution in [3.8, 4) is 11.1 Å². The Balaban J connectivity index is 2.22. The molecule has 0 bridgehead atoms. The van der Waals surface area contributed by atoms with Crippen molar-refractivity contribution in [3.05, 3.63) is 58.4 Å². The van der Waals surface area contributed by atoms with Crippen molar-refractivity contribution in [2.24, 2.45) is 0 Å². The summed E-state index contributed by atoms with van der Waals surface area (Å²) in [6.45, 7) is 2.36. The number of hydrogen-bond donors (Lipinski definition) is 3. The van der Waals surface area contributed by atoms with Gasteiger partial charge >= 0.3 is 0 Å². The summed E-state index contributed by atoms with van der Waals surface area (Å²) in [5.74, 6) is -0.999. The van der Waals surface area contributed by atoms with E-state index in [9.17, 15) is 14.0 Å². The lowest BCUT2D eigenvalue weighted by Crippen LogP contribution is -2.31. The van der Waals surface area contributed by atoms with E-state index in [-0.39, 0.29) is 11.3 Å². The monoisotopic (exact) mass is 340 g/mol. The molecule has 3 rings (SSSR count). The highest BCUT2D eigenvalue weighted by atomic mass is 19.1. The number of amides is 1. The van der Waals surface area contributed by atoms with Crippen molar-refractivity contribution < 1.29 is 9.18 Å². The van der Waals surface area contributed by atoms with Gasteiger partial charge in [-0.2, -0.15) is 0 Å². The van der Waals surface area contributed by atoms with Crippen molar-refractivity contribution in [2.45, 2.75) is 13.3 Å². The molecule has 2 heterocycles. The van der Waals surface area contributed by atoms with Crippen LogP contribution in [-0.4, -0.2) is 22.4 Å². The van der Waals surface area contributed by atoms with E-state index in [0.29, 0.717) is 28.6 Å². The minimum atomic E-state index is -0.588. The molecule has 1 aromatic carbocycles. The first-order valence-electron chi connectivity index (χ1n) is 7.86. The summed E-state index contributed by atoms with van der Waals surface area (Å²) in [7, 11) is 0. The molecule has 25 heavy (non-hydrogen) atoms. The van der Waals surface area contributed by atoms with Crippen LogP contribution in [0.1, 0.15) is 23.7 Å². The minimum Gasteiger partial charge on any atom is -0.397 e. The zero-order valence-corrected chi connectivity index (χ0v) is 13.6. The van der Waals surface area contributed by atoms with Crippen molar-refractivity contribution in [1.82, 2.24) is 15.3 Å². The van der Waals surface area contributed by atoms with Gasteiger partial charge in [-0.15, -0.1) is 0 Å². The predicted molar refractivity (Wildman–Crippen MR) is 94.8 cm³/mol. The molecule has 0 fully saturated rings. The molecule has 0 atom stereocenters. The molecule has 2 aromatic heterocycles. The van der Waals surface area contributed by atoms with Crippen LogP contribution < -0.4 is 16.6 Å². The number of aromatic nitrogens is 2. The van der Waals surface area contributed by atoms with Gasteiger partial charge in [0, 0.05) is 29.3 Å². The van der Waals surface area contributed by atoms with Crippen molar-refractivity contribution >= 4 is 22.5 Å². The Morgan fingerprint density at radius 3 is 2.88 bits per heavy atom. The lowest BCUT2D eigenvalue weighted by molar-refractivity contribution is 0.0953. The number of carbonyl (C=O) groups excluding carboxylic acids is 1. The molecule has 3 aromatic rings. The highest BCUT2D eigenvalue weighted by Gasteiger charge is 2.18. The van der Waals surface area contributed by atoms with Crippen LogP contribution in [0.3, 0.4) is 0 Å². The Bertz CT molecular complexity index is 1010. The van der Waals surface area contributed by atoms with Crippen molar-refractivity contribution in [1.29, 1.82) is 0 Å². The zero-order valence-electron chi connectivity index (χ0n) is 13.6. The Morgan fingerprint density at radius 1 is 1.36 bits per heavy atom. The molecule has 0 spiro atoms.